The molecule has 14 heteroatoms. The Morgan fingerprint density at radius 3 is 1.36 bits per heavy atom. The van der Waals surface area contributed by atoms with Crippen molar-refractivity contribution in [3.05, 3.63) is 36.5 Å². The van der Waals surface area contributed by atoms with Crippen LogP contribution in [0.4, 0.5) is 0 Å². The molecule has 0 bridgehead atoms. The van der Waals surface area contributed by atoms with Crippen LogP contribution in [0.1, 0.15) is 232 Å². The first-order valence-electron chi connectivity index (χ1n) is 29.2. The molecule has 12 atom stereocenters. The molecule has 0 radical (unpaired) electrons. The molecular formula is C58H107NO13. The van der Waals surface area contributed by atoms with Crippen LogP contribution in [0.2, 0.25) is 0 Å². The Morgan fingerprint density at radius 1 is 0.486 bits per heavy atom. The minimum atomic E-state index is -1.79. The number of amides is 1. The number of carbonyl (C=O) groups excluding carboxylic acids is 1. The summed E-state index contributed by atoms with van der Waals surface area (Å²) >= 11 is 0. The number of unbranched alkanes of at least 4 members (excludes halogenated alkanes) is 29. The van der Waals surface area contributed by atoms with Gasteiger partial charge in [-0.2, -0.15) is 0 Å². The van der Waals surface area contributed by atoms with E-state index in [9.17, 15) is 45.6 Å². The Kier molecular flexibility index (Phi) is 40.9. The van der Waals surface area contributed by atoms with Crippen LogP contribution in [-0.2, 0) is 23.7 Å². The topological polar surface area (TPSA) is 228 Å². The maximum Gasteiger partial charge on any atom is 0.220 e. The zero-order valence-electron chi connectivity index (χ0n) is 45.2. The van der Waals surface area contributed by atoms with E-state index in [1.165, 1.54) is 148 Å². The standard InChI is InChI=1S/C58H107NO13/c1-3-5-7-9-11-13-15-17-19-21-22-23-24-25-26-27-29-31-33-35-37-39-41-47(62)46(59-50(63)42-40-38-36-34-32-30-28-20-18-16-14-12-10-8-6-4-2)45-69-57-55(68)53(66)56(49(44-61)71-57)72-58-54(67)52(65)51(64)48(43-60)70-58/h20,28,31,33,39,41,46-49,51-58,60-62,64-68H,3-19,21-27,29-30,32,34-38,40,42-45H2,1-2H3,(H,59,63)/b28-20-,33-31+,41-39+. The predicted octanol–water partition coefficient (Wildman–Crippen LogP) is 9.44. The summed E-state index contributed by atoms with van der Waals surface area (Å²) < 4.78 is 22.7. The van der Waals surface area contributed by atoms with Crippen molar-refractivity contribution in [1.29, 1.82) is 0 Å². The van der Waals surface area contributed by atoms with Gasteiger partial charge in [-0.25, -0.2) is 0 Å². The first-order chi connectivity index (χ1) is 35.1. The summed E-state index contributed by atoms with van der Waals surface area (Å²) in [6.07, 6.45) is 36.1. The molecule has 2 aliphatic heterocycles. The average Bonchev–Trinajstić information content (AvgIpc) is 3.38. The number of carbonyl (C=O) groups is 1. The molecule has 0 aromatic heterocycles. The third kappa shape index (κ3) is 30.1. The van der Waals surface area contributed by atoms with Crippen molar-refractivity contribution in [3.63, 3.8) is 0 Å². The van der Waals surface area contributed by atoms with Crippen molar-refractivity contribution in [2.45, 2.75) is 306 Å². The smallest absolute Gasteiger partial charge is 0.220 e. The monoisotopic (exact) mass is 1030 g/mol. The fraction of sp³-hybridized carbons (Fsp3) is 0.879. The van der Waals surface area contributed by atoms with Crippen LogP contribution in [-0.4, -0.2) is 140 Å². The molecule has 14 nitrogen and oxygen atoms in total. The summed E-state index contributed by atoms with van der Waals surface area (Å²) in [5, 5.41) is 87.0. The highest BCUT2D eigenvalue weighted by atomic mass is 16.7. The van der Waals surface area contributed by atoms with Crippen molar-refractivity contribution in [2.75, 3.05) is 19.8 Å². The van der Waals surface area contributed by atoms with Crippen molar-refractivity contribution >= 4 is 5.91 Å². The summed E-state index contributed by atoms with van der Waals surface area (Å²) in [5.41, 5.74) is 0. The van der Waals surface area contributed by atoms with Crippen molar-refractivity contribution in [1.82, 2.24) is 5.32 Å². The number of aliphatic hydroxyl groups excluding tert-OH is 8. The van der Waals surface area contributed by atoms with E-state index >= 15 is 0 Å². The van der Waals surface area contributed by atoms with Gasteiger partial charge in [-0.05, 0) is 57.8 Å². The second-order valence-electron chi connectivity index (χ2n) is 20.8. The molecule has 422 valence electrons. The van der Waals surface area contributed by atoms with Gasteiger partial charge >= 0.3 is 0 Å². The van der Waals surface area contributed by atoms with Crippen molar-refractivity contribution in [2.24, 2.45) is 0 Å². The molecule has 0 aromatic carbocycles. The van der Waals surface area contributed by atoms with Gasteiger partial charge in [-0.1, -0.05) is 204 Å². The minimum absolute atomic E-state index is 0.257. The molecule has 2 fully saturated rings. The highest BCUT2D eigenvalue weighted by Crippen LogP contribution is 2.30. The lowest BCUT2D eigenvalue weighted by Gasteiger charge is -2.46. The lowest BCUT2D eigenvalue weighted by molar-refractivity contribution is -0.359. The van der Waals surface area contributed by atoms with Gasteiger partial charge in [0.1, 0.15) is 48.8 Å². The Balaban J connectivity index is 1.80. The Morgan fingerprint density at radius 2 is 0.889 bits per heavy atom. The van der Waals surface area contributed by atoms with E-state index in [1.807, 2.05) is 6.08 Å². The van der Waals surface area contributed by atoms with Gasteiger partial charge in [0.05, 0.1) is 32.0 Å². The number of nitrogens with one attached hydrogen (secondary N) is 1. The van der Waals surface area contributed by atoms with Crippen LogP contribution in [0.15, 0.2) is 36.5 Å². The fourth-order valence-corrected chi connectivity index (χ4v) is 9.54. The lowest BCUT2D eigenvalue weighted by atomic mass is 9.97. The van der Waals surface area contributed by atoms with Gasteiger partial charge in [-0.15, -0.1) is 0 Å². The number of hydrogen-bond acceptors (Lipinski definition) is 13. The molecule has 2 heterocycles. The van der Waals surface area contributed by atoms with Crippen LogP contribution >= 0.6 is 0 Å². The highest BCUT2D eigenvalue weighted by molar-refractivity contribution is 5.76. The van der Waals surface area contributed by atoms with E-state index in [0.717, 1.165) is 51.4 Å². The molecule has 2 aliphatic rings. The van der Waals surface area contributed by atoms with Crippen LogP contribution in [0.25, 0.3) is 0 Å². The third-order valence-electron chi connectivity index (χ3n) is 14.3. The van der Waals surface area contributed by atoms with E-state index in [1.54, 1.807) is 6.08 Å². The molecule has 2 rings (SSSR count). The number of aliphatic hydroxyl groups is 8. The Labute approximate surface area is 436 Å². The first-order valence-corrected chi connectivity index (χ1v) is 29.2. The summed E-state index contributed by atoms with van der Waals surface area (Å²) in [6.45, 7) is 2.78. The molecule has 72 heavy (non-hydrogen) atoms. The first kappa shape index (κ1) is 66.3. The number of allylic oxidation sites excluding steroid dienone is 5. The van der Waals surface area contributed by atoms with Gasteiger partial charge in [0.15, 0.2) is 12.6 Å². The van der Waals surface area contributed by atoms with Gasteiger partial charge < -0.3 is 65.1 Å². The molecule has 1 amide bonds. The van der Waals surface area contributed by atoms with Gasteiger partial charge in [-0.3, -0.25) is 4.79 Å². The zero-order chi connectivity index (χ0) is 52.4. The normalized spacial score (nSPS) is 25.8. The second kappa shape index (κ2) is 44.3. The third-order valence-corrected chi connectivity index (χ3v) is 14.3. The summed E-state index contributed by atoms with van der Waals surface area (Å²) in [7, 11) is 0. The van der Waals surface area contributed by atoms with Crippen molar-refractivity contribution in [3.8, 4) is 0 Å². The maximum absolute atomic E-state index is 13.2. The number of hydrogen-bond donors (Lipinski definition) is 9. The SMILES string of the molecule is CCCCCCCCC/C=C\CCCCCCCC(=O)NC(COC1OC(CO)C(OC2OC(CO)C(O)C(O)C2O)C(O)C1O)C(O)/C=C/CC/C=C/CCCCCCCCCCCCCCCCCC. The van der Waals surface area contributed by atoms with E-state index in [2.05, 4.69) is 43.5 Å². The van der Waals surface area contributed by atoms with Gasteiger partial charge in [0.25, 0.3) is 0 Å². The van der Waals surface area contributed by atoms with E-state index in [0.29, 0.717) is 12.8 Å². The zero-order valence-corrected chi connectivity index (χ0v) is 45.2. The molecule has 0 aliphatic carbocycles. The quantitative estimate of drug-likeness (QED) is 0.0205. The number of rotatable bonds is 46. The molecular weight excluding hydrogens is 919 g/mol. The molecule has 0 aromatic rings. The summed E-state index contributed by atoms with van der Waals surface area (Å²) in [5.74, 6) is -0.257. The highest BCUT2D eigenvalue weighted by Gasteiger charge is 2.51. The van der Waals surface area contributed by atoms with E-state index in [-0.39, 0.29) is 18.9 Å². The van der Waals surface area contributed by atoms with E-state index in [4.69, 9.17) is 18.9 Å². The molecule has 0 spiro atoms. The molecule has 0 saturated carbocycles. The van der Waals surface area contributed by atoms with Crippen LogP contribution < -0.4 is 5.32 Å². The summed E-state index contributed by atoms with van der Waals surface area (Å²) in [6, 6.07) is -0.935. The van der Waals surface area contributed by atoms with Gasteiger partial charge in [0, 0.05) is 6.42 Å². The van der Waals surface area contributed by atoms with Crippen LogP contribution in [0.5, 0.6) is 0 Å². The van der Waals surface area contributed by atoms with Crippen molar-refractivity contribution < 1.29 is 64.6 Å². The molecule has 12 unspecified atom stereocenters. The lowest BCUT2D eigenvalue weighted by Crippen LogP contribution is -2.65. The van der Waals surface area contributed by atoms with Crippen LogP contribution in [0, 0.1) is 0 Å². The maximum atomic E-state index is 13.2. The predicted molar refractivity (Wildman–Crippen MR) is 286 cm³/mol. The van der Waals surface area contributed by atoms with Gasteiger partial charge in [0.2, 0.25) is 5.91 Å². The number of ether oxygens (including phenoxy) is 4. The minimum Gasteiger partial charge on any atom is -0.394 e. The molecule has 2 saturated heterocycles. The largest absolute Gasteiger partial charge is 0.394 e. The molecule has 9 N–H and O–H groups in total. The average molecular weight is 1030 g/mol. The van der Waals surface area contributed by atoms with E-state index < -0.39 is 86.8 Å². The Hall–Kier alpha value is -1.79. The Bertz CT molecular complexity index is 1350. The second-order valence-corrected chi connectivity index (χ2v) is 20.8. The van der Waals surface area contributed by atoms with Crippen LogP contribution in [0.3, 0.4) is 0 Å². The fourth-order valence-electron chi connectivity index (χ4n) is 9.54. The summed E-state index contributed by atoms with van der Waals surface area (Å²) in [4.78, 5) is 13.2.